The Bertz CT molecular complexity index is 503. The van der Waals surface area contributed by atoms with Crippen molar-refractivity contribution in [2.75, 3.05) is 14.2 Å². The van der Waals surface area contributed by atoms with Crippen LogP contribution in [0.1, 0.15) is 5.56 Å². The Morgan fingerprint density at radius 3 is 2.39 bits per heavy atom. The third kappa shape index (κ3) is 3.23. The number of hydroxylamine groups is 1. The summed E-state index contributed by atoms with van der Waals surface area (Å²) in [7, 11) is 2.58. The molecule has 18 heavy (non-hydrogen) atoms. The summed E-state index contributed by atoms with van der Waals surface area (Å²) in [6.45, 7) is 0. The van der Waals surface area contributed by atoms with Crippen molar-refractivity contribution < 1.29 is 14.4 Å². The summed E-state index contributed by atoms with van der Waals surface area (Å²) >= 11 is 5.77. The van der Waals surface area contributed by atoms with E-state index >= 15 is 0 Å². The molecule has 0 amide bonds. The lowest BCUT2D eigenvalue weighted by Gasteiger charge is -2.10. The van der Waals surface area contributed by atoms with Crippen molar-refractivity contribution >= 4 is 23.3 Å². The number of esters is 1. The van der Waals surface area contributed by atoms with Gasteiger partial charge in [-0.05, 0) is 12.1 Å². The number of hydrogen-bond donors (Lipinski definition) is 1. The van der Waals surface area contributed by atoms with Crippen LogP contribution in [0, 0.1) is 11.3 Å². The molecule has 0 radical (unpaired) electrons. The molecule has 1 N–H and O–H groups in total. The lowest BCUT2D eigenvalue weighted by Crippen LogP contribution is -2.16. The SMILES string of the molecule is CON/C(=C(/C#N)C(=O)OC)c1ccc(Cl)cc1. The third-order valence-corrected chi connectivity index (χ3v) is 2.34. The van der Waals surface area contributed by atoms with E-state index < -0.39 is 5.97 Å². The molecule has 1 rings (SSSR count). The highest BCUT2D eigenvalue weighted by molar-refractivity contribution is 6.30. The maximum Gasteiger partial charge on any atom is 0.350 e. The van der Waals surface area contributed by atoms with Gasteiger partial charge in [-0.2, -0.15) is 5.26 Å². The van der Waals surface area contributed by atoms with Crippen molar-refractivity contribution in [3.05, 3.63) is 40.4 Å². The number of nitriles is 1. The Morgan fingerprint density at radius 1 is 1.33 bits per heavy atom. The number of halogens is 1. The molecular weight excluding hydrogens is 256 g/mol. The first-order chi connectivity index (χ1) is 8.63. The van der Waals surface area contributed by atoms with Crippen molar-refractivity contribution in [1.29, 1.82) is 5.26 Å². The molecule has 0 unspecified atom stereocenters. The molecule has 0 aliphatic rings. The molecule has 0 bridgehead atoms. The van der Waals surface area contributed by atoms with E-state index in [2.05, 4.69) is 10.2 Å². The van der Waals surface area contributed by atoms with Gasteiger partial charge in [-0.15, -0.1) is 0 Å². The molecule has 0 fully saturated rings. The van der Waals surface area contributed by atoms with Gasteiger partial charge in [0, 0.05) is 10.6 Å². The molecule has 0 saturated carbocycles. The quantitative estimate of drug-likeness (QED) is 0.390. The van der Waals surface area contributed by atoms with Gasteiger partial charge in [0.25, 0.3) is 0 Å². The number of benzene rings is 1. The molecule has 94 valence electrons. The Labute approximate surface area is 110 Å². The van der Waals surface area contributed by atoms with E-state index in [1.54, 1.807) is 30.3 Å². The molecule has 0 atom stereocenters. The zero-order chi connectivity index (χ0) is 13.5. The Balaban J connectivity index is 3.31. The summed E-state index contributed by atoms with van der Waals surface area (Å²) in [5.41, 5.74) is 3.13. The molecule has 1 aromatic carbocycles. The summed E-state index contributed by atoms with van der Waals surface area (Å²) in [4.78, 5) is 16.2. The molecule has 5 nitrogen and oxygen atoms in total. The first-order valence-corrected chi connectivity index (χ1v) is 5.29. The van der Waals surface area contributed by atoms with Crippen LogP contribution in [0.15, 0.2) is 29.8 Å². The summed E-state index contributed by atoms with van der Waals surface area (Å²) in [5.74, 6) is -0.744. The molecule has 0 aromatic heterocycles. The van der Waals surface area contributed by atoms with Crippen LogP contribution in [0.2, 0.25) is 5.02 Å². The fraction of sp³-hybridized carbons (Fsp3) is 0.167. The van der Waals surface area contributed by atoms with Crippen molar-refractivity contribution in [2.45, 2.75) is 0 Å². The van der Waals surface area contributed by atoms with E-state index in [-0.39, 0.29) is 11.3 Å². The van der Waals surface area contributed by atoms with Gasteiger partial charge in [-0.3, -0.25) is 10.3 Å². The highest BCUT2D eigenvalue weighted by atomic mass is 35.5. The number of ether oxygens (including phenoxy) is 1. The Kier molecular flexibility index (Phi) is 5.18. The van der Waals surface area contributed by atoms with Crippen molar-refractivity contribution in [2.24, 2.45) is 0 Å². The number of nitrogens with zero attached hydrogens (tertiary/aromatic N) is 1. The Morgan fingerprint density at radius 2 is 1.94 bits per heavy atom. The molecule has 1 aromatic rings. The average molecular weight is 267 g/mol. The molecule has 0 heterocycles. The van der Waals surface area contributed by atoms with E-state index in [0.29, 0.717) is 10.6 Å². The predicted octanol–water partition coefficient (Wildman–Crippen LogP) is 1.90. The summed E-state index contributed by atoms with van der Waals surface area (Å²) in [6, 6.07) is 8.37. The van der Waals surface area contributed by atoms with Gasteiger partial charge in [0.15, 0.2) is 5.57 Å². The van der Waals surface area contributed by atoms with Gasteiger partial charge in [0.2, 0.25) is 0 Å². The summed E-state index contributed by atoms with van der Waals surface area (Å²) in [5, 5.41) is 9.56. The maximum absolute atomic E-state index is 11.5. The van der Waals surface area contributed by atoms with Crippen molar-refractivity contribution in [1.82, 2.24) is 5.48 Å². The van der Waals surface area contributed by atoms with E-state index in [9.17, 15) is 4.79 Å². The predicted molar refractivity (Wildman–Crippen MR) is 66.1 cm³/mol. The van der Waals surface area contributed by atoms with Crippen molar-refractivity contribution in [3.63, 3.8) is 0 Å². The number of carbonyl (C=O) groups is 1. The molecule has 6 heteroatoms. The molecular formula is C12H11ClN2O3. The van der Waals surface area contributed by atoms with Crippen LogP contribution in [0.4, 0.5) is 0 Å². The number of nitrogens with one attached hydrogen (secondary N) is 1. The fourth-order valence-electron chi connectivity index (χ4n) is 1.28. The molecule has 0 aliphatic carbocycles. The number of rotatable bonds is 4. The van der Waals surface area contributed by atoms with Crippen LogP contribution in [0.5, 0.6) is 0 Å². The number of carbonyl (C=O) groups excluding carboxylic acids is 1. The van der Waals surface area contributed by atoms with Crippen LogP contribution >= 0.6 is 11.6 Å². The van der Waals surface area contributed by atoms with E-state index in [1.165, 1.54) is 14.2 Å². The molecule has 0 spiro atoms. The summed E-state index contributed by atoms with van der Waals surface area (Å²) in [6.07, 6.45) is 0. The highest BCUT2D eigenvalue weighted by Crippen LogP contribution is 2.19. The second kappa shape index (κ2) is 6.64. The number of hydrogen-bond acceptors (Lipinski definition) is 5. The van der Waals surface area contributed by atoms with Crippen LogP contribution in [0.3, 0.4) is 0 Å². The zero-order valence-corrected chi connectivity index (χ0v) is 10.6. The normalized spacial score (nSPS) is 11.2. The van der Waals surface area contributed by atoms with Crippen LogP contribution in [0.25, 0.3) is 5.70 Å². The molecule has 0 saturated heterocycles. The van der Waals surface area contributed by atoms with Gasteiger partial charge >= 0.3 is 5.97 Å². The van der Waals surface area contributed by atoms with Gasteiger partial charge < -0.3 is 4.74 Å². The minimum absolute atomic E-state index is 0.179. The lowest BCUT2D eigenvalue weighted by atomic mass is 10.1. The Hall–Kier alpha value is -2.03. The van der Waals surface area contributed by atoms with Gasteiger partial charge in [0.05, 0.1) is 19.9 Å². The van der Waals surface area contributed by atoms with E-state index in [0.717, 1.165) is 0 Å². The van der Waals surface area contributed by atoms with E-state index in [4.69, 9.17) is 21.7 Å². The zero-order valence-electron chi connectivity index (χ0n) is 9.86. The highest BCUT2D eigenvalue weighted by Gasteiger charge is 2.17. The second-order valence-electron chi connectivity index (χ2n) is 3.17. The van der Waals surface area contributed by atoms with Crippen LogP contribution in [-0.2, 0) is 14.4 Å². The monoisotopic (exact) mass is 266 g/mol. The van der Waals surface area contributed by atoms with Gasteiger partial charge in [-0.1, -0.05) is 23.7 Å². The topological polar surface area (TPSA) is 71.3 Å². The minimum Gasteiger partial charge on any atom is -0.465 e. The first kappa shape index (κ1) is 14.0. The maximum atomic E-state index is 11.5. The van der Waals surface area contributed by atoms with E-state index in [1.807, 2.05) is 0 Å². The number of methoxy groups -OCH3 is 1. The third-order valence-electron chi connectivity index (χ3n) is 2.09. The van der Waals surface area contributed by atoms with Crippen molar-refractivity contribution in [3.8, 4) is 6.07 Å². The summed E-state index contributed by atoms with van der Waals surface area (Å²) < 4.78 is 4.53. The van der Waals surface area contributed by atoms with Crippen LogP contribution < -0.4 is 5.48 Å². The van der Waals surface area contributed by atoms with Gasteiger partial charge in [0.1, 0.15) is 6.07 Å². The first-order valence-electron chi connectivity index (χ1n) is 4.91. The largest absolute Gasteiger partial charge is 0.465 e. The standard InChI is InChI=1S/C12H11ClN2O3/c1-17-12(16)10(7-14)11(15-18-2)8-3-5-9(13)6-4-8/h3-6,15H,1-2H3/b11-10-. The smallest absolute Gasteiger partial charge is 0.350 e. The van der Waals surface area contributed by atoms with Gasteiger partial charge in [-0.25, -0.2) is 4.79 Å². The van der Waals surface area contributed by atoms with Crippen LogP contribution in [-0.4, -0.2) is 20.2 Å². The fourth-order valence-corrected chi connectivity index (χ4v) is 1.40. The lowest BCUT2D eigenvalue weighted by molar-refractivity contribution is -0.135. The minimum atomic E-state index is -0.744. The average Bonchev–Trinajstić information content (AvgIpc) is 2.39. The second-order valence-corrected chi connectivity index (χ2v) is 3.60. The molecule has 0 aliphatic heterocycles.